The van der Waals surface area contributed by atoms with Gasteiger partial charge in [-0.2, -0.15) is 0 Å². The molecule has 8 heteroatoms. The molecule has 2 aliphatic rings. The first kappa shape index (κ1) is 16.3. The van der Waals surface area contributed by atoms with E-state index >= 15 is 0 Å². The fraction of sp³-hybridized carbons (Fsp3) is 0.588. The van der Waals surface area contributed by atoms with Crippen LogP contribution >= 0.6 is 0 Å². The molecule has 0 bridgehead atoms. The highest BCUT2D eigenvalue weighted by Crippen LogP contribution is 2.16. The molecule has 134 valence electrons. The number of pyridine rings is 1. The molecule has 1 atom stereocenters. The van der Waals surface area contributed by atoms with Crippen molar-refractivity contribution in [3.8, 4) is 0 Å². The Bertz CT molecular complexity index is 800. The van der Waals surface area contributed by atoms with Crippen LogP contribution in [0.2, 0.25) is 0 Å². The summed E-state index contributed by atoms with van der Waals surface area (Å²) in [6.07, 6.45) is 3.32. The van der Waals surface area contributed by atoms with Gasteiger partial charge in [0.2, 0.25) is 0 Å². The molecule has 0 spiro atoms. The van der Waals surface area contributed by atoms with E-state index in [9.17, 15) is 9.59 Å². The summed E-state index contributed by atoms with van der Waals surface area (Å²) in [6, 6.07) is 5.52. The molecule has 2 aliphatic heterocycles. The van der Waals surface area contributed by atoms with Gasteiger partial charge in [0.15, 0.2) is 5.65 Å². The minimum Gasteiger partial charge on any atom is -0.368 e. The number of carbonyl (C=O) groups excluding carboxylic acids is 1. The number of carbonyl (C=O) groups is 1. The van der Waals surface area contributed by atoms with Crippen molar-refractivity contribution in [3.63, 3.8) is 0 Å². The molecule has 2 aromatic rings. The van der Waals surface area contributed by atoms with Gasteiger partial charge in [-0.1, -0.05) is 6.07 Å². The molecule has 2 aromatic heterocycles. The highest BCUT2D eigenvalue weighted by atomic mass is 16.5. The van der Waals surface area contributed by atoms with Crippen LogP contribution in [0.4, 0.5) is 0 Å². The van der Waals surface area contributed by atoms with E-state index in [4.69, 9.17) is 4.74 Å². The summed E-state index contributed by atoms with van der Waals surface area (Å²) < 4.78 is 8.56. The Hall–Kier alpha value is -2.19. The quantitative estimate of drug-likeness (QED) is 0.769. The number of rotatable bonds is 4. The number of hydrogen-bond donors (Lipinski definition) is 0. The van der Waals surface area contributed by atoms with Gasteiger partial charge >= 0.3 is 5.69 Å². The number of aromatic nitrogens is 3. The van der Waals surface area contributed by atoms with Crippen molar-refractivity contribution in [1.82, 2.24) is 24.0 Å². The summed E-state index contributed by atoms with van der Waals surface area (Å²) in [7, 11) is 0. The molecule has 25 heavy (non-hydrogen) atoms. The normalized spacial score (nSPS) is 21.9. The maximum atomic E-state index is 12.4. The first-order valence-corrected chi connectivity index (χ1v) is 8.89. The van der Waals surface area contributed by atoms with Gasteiger partial charge in [0.05, 0.1) is 6.54 Å². The summed E-state index contributed by atoms with van der Waals surface area (Å²) in [4.78, 5) is 28.8. The van der Waals surface area contributed by atoms with Gasteiger partial charge < -0.3 is 9.64 Å². The average molecular weight is 345 g/mol. The smallest absolute Gasteiger partial charge is 0.350 e. The lowest BCUT2D eigenvalue weighted by Crippen LogP contribution is -2.52. The lowest BCUT2D eigenvalue weighted by molar-refractivity contribution is -0.142. The topological polar surface area (TPSA) is 72.1 Å². The first-order chi connectivity index (χ1) is 12.2. The monoisotopic (exact) mass is 345 g/mol. The fourth-order valence-corrected chi connectivity index (χ4v) is 3.52. The Morgan fingerprint density at radius 3 is 2.76 bits per heavy atom. The Morgan fingerprint density at radius 2 is 2.04 bits per heavy atom. The fourth-order valence-electron chi connectivity index (χ4n) is 3.52. The SMILES string of the molecule is O=C(C1CCCO1)N1CCN(CCn2nc3ccccn3c2=O)CC1. The summed E-state index contributed by atoms with van der Waals surface area (Å²) in [5, 5.41) is 4.35. The number of amides is 1. The van der Waals surface area contributed by atoms with E-state index in [1.54, 1.807) is 10.6 Å². The van der Waals surface area contributed by atoms with Gasteiger partial charge in [0.25, 0.3) is 5.91 Å². The van der Waals surface area contributed by atoms with Crippen LogP contribution in [0, 0.1) is 0 Å². The van der Waals surface area contributed by atoms with Crippen molar-refractivity contribution in [2.75, 3.05) is 39.3 Å². The second-order valence-corrected chi connectivity index (χ2v) is 6.60. The standard InChI is InChI=1S/C17H23N5O3/c23-16(14-4-3-13-25-14)20-10-7-19(8-11-20)9-12-22-17(24)21-6-2-1-5-15(21)18-22/h1-2,5-6,14H,3-4,7-13H2. The predicted octanol–water partition coefficient (Wildman–Crippen LogP) is -0.181. The molecular formula is C17H23N5O3. The van der Waals surface area contributed by atoms with Gasteiger partial charge in [0, 0.05) is 45.5 Å². The van der Waals surface area contributed by atoms with Crippen LogP contribution in [0.25, 0.3) is 5.65 Å². The molecule has 1 unspecified atom stereocenters. The van der Waals surface area contributed by atoms with Crippen molar-refractivity contribution in [1.29, 1.82) is 0 Å². The number of fused-ring (bicyclic) bond motifs is 1. The van der Waals surface area contributed by atoms with Crippen molar-refractivity contribution in [2.45, 2.75) is 25.5 Å². The van der Waals surface area contributed by atoms with E-state index in [1.165, 1.54) is 4.68 Å². The predicted molar refractivity (Wildman–Crippen MR) is 91.4 cm³/mol. The third kappa shape index (κ3) is 3.32. The highest BCUT2D eigenvalue weighted by Gasteiger charge is 2.30. The van der Waals surface area contributed by atoms with Gasteiger partial charge in [-0.15, -0.1) is 5.10 Å². The Kier molecular flexibility index (Phi) is 4.54. The molecule has 8 nitrogen and oxygen atoms in total. The third-order valence-electron chi connectivity index (χ3n) is 5.01. The Morgan fingerprint density at radius 1 is 1.20 bits per heavy atom. The third-order valence-corrected chi connectivity index (χ3v) is 5.01. The molecule has 0 aliphatic carbocycles. The summed E-state index contributed by atoms with van der Waals surface area (Å²) in [5.74, 6) is 0.133. The zero-order valence-corrected chi connectivity index (χ0v) is 14.2. The van der Waals surface area contributed by atoms with E-state index in [0.29, 0.717) is 18.8 Å². The van der Waals surface area contributed by atoms with Crippen molar-refractivity contribution >= 4 is 11.6 Å². The number of piperazine rings is 1. The first-order valence-electron chi connectivity index (χ1n) is 8.89. The zero-order chi connectivity index (χ0) is 17.2. The number of ether oxygens (including phenoxy) is 1. The van der Waals surface area contributed by atoms with E-state index in [2.05, 4.69) is 10.00 Å². The van der Waals surface area contributed by atoms with Crippen LogP contribution < -0.4 is 5.69 Å². The van der Waals surface area contributed by atoms with Crippen molar-refractivity contribution in [3.05, 3.63) is 34.9 Å². The molecule has 1 amide bonds. The lowest BCUT2D eigenvalue weighted by Gasteiger charge is -2.35. The van der Waals surface area contributed by atoms with Gasteiger partial charge in [-0.05, 0) is 25.0 Å². The van der Waals surface area contributed by atoms with E-state index in [1.807, 2.05) is 23.1 Å². The van der Waals surface area contributed by atoms with Crippen LogP contribution in [-0.2, 0) is 16.1 Å². The van der Waals surface area contributed by atoms with E-state index in [0.717, 1.165) is 45.6 Å². The van der Waals surface area contributed by atoms with Gasteiger partial charge in [0.1, 0.15) is 6.10 Å². The number of hydrogen-bond acceptors (Lipinski definition) is 5. The average Bonchev–Trinajstić information content (AvgIpc) is 3.29. The molecule has 4 heterocycles. The second kappa shape index (κ2) is 6.97. The zero-order valence-electron chi connectivity index (χ0n) is 14.2. The molecule has 4 rings (SSSR count). The largest absolute Gasteiger partial charge is 0.368 e. The van der Waals surface area contributed by atoms with Crippen LogP contribution in [0.15, 0.2) is 29.2 Å². The van der Waals surface area contributed by atoms with E-state index in [-0.39, 0.29) is 17.7 Å². The Balaban J connectivity index is 1.30. The van der Waals surface area contributed by atoms with E-state index < -0.39 is 0 Å². The summed E-state index contributed by atoms with van der Waals surface area (Å²) >= 11 is 0. The maximum Gasteiger partial charge on any atom is 0.350 e. The minimum absolute atomic E-state index is 0.109. The molecule has 0 radical (unpaired) electrons. The molecule has 0 saturated carbocycles. The molecule has 2 saturated heterocycles. The Labute approximate surface area is 145 Å². The molecule has 2 fully saturated rings. The van der Waals surface area contributed by atoms with Crippen molar-refractivity contribution in [2.24, 2.45) is 0 Å². The van der Waals surface area contributed by atoms with Gasteiger partial charge in [-0.25, -0.2) is 9.48 Å². The van der Waals surface area contributed by atoms with Crippen LogP contribution in [0.1, 0.15) is 12.8 Å². The summed E-state index contributed by atoms with van der Waals surface area (Å²) in [6.45, 7) is 5.09. The molecule has 0 aromatic carbocycles. The minimum atomic E-state index is -0.233. The molecular weight excluding hydrogens is 322 g/mol. The highest BCUT2D eigenvalue weighted by molar-refractivity contribution is 5.81. The maximum absolute atomic E-state index is 12.4. The van der Waals surface area contributed by atoms with Gasteiger partial charge in [-0.3, -0.25) is 14.1 Å². The lowest BCUT2D eigenvalue weighted by atomic mass is 10.2. The molecule has 0 N–H and O–H groups in total. The van der Waals surface area contributed by atoms with Crippen LogP contribution in [0.3, 0.4) is 0 Å². The van der Waals surface area contributed by atoms with Crippen molar-refractivity contribution < 1.29 is 9.53 Å². The van der Waals surface area contributed by atoms with Crippen LogP contribution in [-0.4, -0.2) is 75.3 Å². The number of nitrogens with zero attached hydrogens (tertiary/aromatic N) is 5. The van der Waals surface area contributed by atoms with Crippen LogP contribution in [0.5, 0.6) is 0 Å². The second-order valence-electron chi connectivity index (χ2n) is 6.60. The summed E-state index contributed by atoms with van der Waals surface area (Å²) in [5.41, 5.74) is 0.558.